The van der Waals surface area contributed by atoms with Gasteiger partial charge in [-0.25, -0.2) is 0 Å². The maximum atomic E-state index is 12.3. The molecule has 0 bridgehead atoms. The van der Waals surface area contributed by atoms with E-state index in [-0.39, 0.29) is 11.9 Å². The highest BCUT2D eigenvalue weighted by Crippen LogP contribution is 2.27. The van der Waals surface area contributed by atoms with Crippen molar-refractivity contribution in [2.45, 2.75) is 33.2 Å². The van der Waals surface area contributed by atoms with Crippen LogP contribution in [0.2, 0.25) is 0 Å². The van der Waals surface area contributed by atoms with Crippen molar-refractivity contribution in [3.8, 4) is 11.5 Å². The van der Waals surface area contributed by atoms with Gasteiger partial charge in [0.15, 0.2) is 11.5 Å². The van der Waals surface area contributed by atoms with Gasteiger partial charge in [-0.05, 0) is 49.6 Å². The lowest BCUT2D eigenvalue weighted by molar-refractivity contribution is -0.121. The Morgan fingerprint density at radius 2 is 1.75 bits per heavy atom. The Morgan fingerprint density at radius 1 is 1.04 bits per heavy atom. The van der Waals surface area contributed by atoms with Gasteiger partial charge in [-0.1, -0.05) is 29.8 Å². The quantitative estimate of drug-likeness (QED) is 0.879. The summed E-state index contributed by atoms with van der Waals surface area (Å²) in [6.07, 6.45) is 0.301. The number of amides is 1. The highest BCUT2D eigenvalue weighted by Gasteiger charge is 2.13. The van der Waals surface area contributed by atoms with E-state index in [0.29, 0.717) is 17.9 Å². The molecule has 0 spiro atoms. The smallest absolute Gasteiger partial charge is 0.224 e. The molecule has 0 saturated heterocycles. The van der Waals surface area contributed by atoms with Crippen molar-refractivity contribution < 1.29 is 14.3 Å². The third-order valence-corrected chi connectivity index (χ3v) is 4.08. The van der Waals surface area contributed by atoms with Crippen LogP contribution in [0, 0.1) is 13.8 Å². The summed E-state index contributed by atoms with van der Waals surface area (Å²) in [5, 5.41) is 3.06. The molecule has 0 aromatic heterocycles. The Balaban J connectivity index is 2.05. The van der Waals surface area contributed by atoms with Crippen LogP contribution in [-0.4, -0.2) is 20.1 Å². The van der Waals surface area contributed by atoms with Crippen molar-refractivity contribution in [3.05, 3.63) is 58.7 Å². The second kappa shape index (κ2) is 7.86. The summed E-state index contributed by atoms with van der Waals surface area (Å²) in [5.41, 5.74) is 4.44. The Hall–Kier alpha value is -2.49. The highest BCUT2D eigenvalue weighted by molar-refractivity contribution is 5.79. The van der Waals surface area contributed by atoms with E-state index in [1.807, 2.05) is 25.1 Å². The maximum Gasteiger partial charge on any atom is 0.224 e. The first-order valence-corrected chi connectivity index (χ1v) is 8.02. The average molecular weight is 327 g/mol. The van der Waals surface area contributed by atoms with Gasteiger partial charge in [-0.2, -0.15) is 0 Å². The van der Waals surface area contributed by atoms with E-state index >= 15 is 0 Å². The topological polar surface area (TPSA) is 47.6 Å². The standard InChI is InChI=1S/C20H25NO3/c1-13-6-8-17(14(2)10-13)15(3)21-20(22)12-16-7-9-18(23-4)19(11-16)24-5/h6-11,15H,12H2,1-5H3,(H,21,22)/t15-/m0/s1. The predicted octanol–water partition coefficient (Wildman–Crippen LogP) is 3.74. The molecule has 0 unspecified atom stereocenters. The number of nitrogens with one attached hydrogen (secondary N) is 1. The minimum Gasteiger partial charge on any atom is -0.493 e. The summed E-state index contributed by atoms with van der Waals surface area (Å²) in [6.45, 7) is 6.14. The minimum atomic E-state index is -0.0294. The van der Waals surface area contributed by atoms with Gasteiger partial charge in [0.2, 0.25) is 5.91 Å². The number of hydrogen-bond donors (Lipinski definition) is 1. The molecule has 128 valence electrons. The lowest BCUT2D eigenvalue weighted by Gasteiger charge is -2.17. The molecule has 0 aliphatic heterocycles. The summed E-state index contributed by atoms with van der Waals surface area (Å²) in [5.74, 6) is 1.27. The maximum absolute atomic E-state index is 12.3. The molecule has 1 amide bonds. The number of rotatable bonds is 6. The Labute approximate surface area is 143 Å². The molecule has 2 rings (SSSR count). The minimum absolute atomic E-state index is 0.0188. The molecule has 0 aliphatic carbocycles. The van der Waals surface area contributed by atoms with Gasteiger partial charge in [-0.15, -0.1) is 0 Å². The van der Waals surface area contributed by atoms with Gasteiger partial charge < -0.3 is 14.8 Å². The Kier molecular flexibility index (Phi) is 5.85. The number of ether oxygens (including phenoxy) is 2. The highest BCUT2D eigenvalue weighted by atomic mass is 16.5. The average Bonchev–Trinajstić information content (AvgIpc) is 2.54. The zero-order chi connectivity index (χ0) is 17.7. The van der Waals surface area contributed by atoms with E-state index in [2.05, 4.69) is 37.4 Å². The van der Waals surface area contributed by atoms with Gasteiger partial charge in [0.25, 0.3) is 0 Å². The fourth-order valence-electron chi connectivity index (χ4n) is 2.86. The Bertz CT molecular complexity index is 725. The van der Waals surface area contributed by atoms with Crippen molar-refractivity contribution in [2.75, 3.05) is 14.2 Å². The van der Waals surface area contributed by atoms with E-state index in [0.717, 1.165) is 11.1 Å². The summed E-state index contributed by atoms with van der Waals surface area (Å²) < 4.78 is 10.5. The van der Waals surface area contributed by atoms with Crippen LogP contribution in [0.15, 0.2) is 36.4 Å². The summed E-state index contributed by atoms with van der Waals surface area (Å²) in [6, 6.07) is 11.8. The molecule has 24 heavy (non-hydrogen) atoms. The molecule has 2 aromatic rings. The molecule has 1 N–H and O–H groups in total. The lowest BCUT2D eigenvalue weighted by Crippen LogP contribution is -2.28. The molecular weight excluding hydrogens is 302 g/mol. The summed E-state index contributed by atoms with van der Waals surface area (Å²) in [4.78, 5) is 12.3. The number of carbonyl (C=O) groups is 1. The van der Waals surface area contributed by atoms with Crippen LogP contribution in [0.1, 0.15) is 35.2 Å². The van der Waals surface area contributed by atoms with E-state index in [4.69, 9.17) is 9.47 Å². The second-order valence-electron chi connectivity index (χ2n) is 6.02. The van der Waals surface area contributed by atoms with Crippen molar-refractivity contribution in [1.82, 2.24) is 5.32 Å². The SMILES string of the molecule is COc1ccc(CC(=O)N[C@@H](C)c2ccc(C)cc2C)cc1OC. The van der Waals surface area contributed by atoms with Crippen molar-refractivity contribution in [1.29, 1.82) is 0 Å². The molecule has 0 radical (unpaired) electrons. The first-order chi connectivity index (χ1) is 11.4. The van der Waals surface area contributed by atoms with Crippen LogP contribution in [0.5, 0.6) is 11.5 Å². The van der Waals surface area contributed by atoms with Crippen LogP contribution in [0.4, 0.5) is 0 Å². The van der Waals surface area contributed by atoms with E-state index in [9.17, 15) is 4.79 Å². The van der Waals surface area contributed by atoms with Crippen LogP contribution in [0.3, 0.4) is 0 Å². The van der Waals surface area contributed by atoms with Crippen molar-refractivity contribution in [3.63, 3.8) is 0 Å². The third-order valence-electron chi connectivity index (χ3n) is 4.08. The molecule has 4 heteroatoms. The van der Waals surface area contributed by atoms with E-state index in [1.165, 1.54) is 11.1 Å². The molecule has 0 saturated carbocycles. The normalized spacial score (nSPS) is 11.7. The summed E-state index contributed by atoms with van der Waals surface area (Å²) in [7, 11) is 3.18. The zero-order valence-electron chi connectivity index (χ0n) is 15.0. The van der Waals surface area contributed by atoms with Gasteiger partial charge in [0.05, 0.1) is 26.7 Å². The zero-order valence-corrected chi connectivity index (χ0v) is 15.0. The summed E-state index contributed by atoms with van der Waals surface area (Å²) >= 11 is 0. The fourth-order valence-corrected chi connectivity index (χ4v) is 2.86. The lowest BCUT2D eigenvalue weighted by atomic mass is 10.00. The monoisotopic (exact) mass is 327 g/mol. The van der Waals surface area contributed by atoms with Gasteiger partial charge in [-0.3, -0.25) is 4.79 Å². The van der Waals surface area contributed by atoms with E-state index < -0.39 is 0 Å². The predicted molar refractivity (Wildman–Crippen MR) is 95.7 cm³/mol. The van der Waals surface area contributed by atoms with Gasteiger partial charge >= 0.3 is 0 Å². The first-order valence-electron chi connectivity index (χ1n) is 8.02. The van der Waals surface area contributed by atoms with E-state index in [1.54, 1.807) is 14.2 Å². The van der Waals surface area contributed by atoms with Gasteiger partial charge in [0, 0.05) is 0 Å². The molecular formula is C20H25NO3. The van der Waals surface area contributed by atoms with Crippen LogP contribution < -0.4 is 14.8 Å². The number of hydrogen-bond acceptors (Lipinski definition) is 3. The molecule has 0 heterocycles. The molecule has 0 aliphatic rings. The van der Waals surface area contributed by atoms with Crippen molar-refractivity contribution in [2.24, 2.45) is 0 Å². The largest absolute Gasteiger partial charge is 0.493 e. The van der Waals surface area contributed by atoms with Crippen molar-refractivity contribution >= 4 is 5.91 Å². The van der Waals surface area contributed by atoms with Crippen LogP contribution in [-0.2, 0) is 11.2 Å². The van der Waals surface area contributed by atoms with Gasteiger partial charge in [0.1, 0.15) is 0 Å². The van der Waals surface area contributed by atoms with Crippen LogP contribution >= 0.6 is 0 Å². The number of methoxy groups -OCH3 is 2. The molecule has 2 aromatic carbocycles. The number of carbonyl (C=O) groups excluding carboxylic acids is 1. The fraction of sp³-hybridized carbons (Fsp3) is 0.350. The Morgan fingerprint density at radius 3 is 2.38 bits per heavy atom. The molecule has 1 atom stereocenters. The number of benzene rings is 2. The molecule has 4 nitrogen and oxygen atoms in total. The first kappa shape index (κ1) is 17.9. The van der Waals surface area contributed by atoms with Crippen LogP contribution in [0.25, 0.3) is 0 Å². The second-order valence-corrected chi connectivity index (χ2v) is 6.02. The third kappa shape index (κ3) is 4.28. The number of aryl methyl sites for hydroxylation is 2. The molecule has 0 fully saturated rings.